The van der Waals surface area contributed by atoms with Crippen molar-refractivity contribution < 1.29 is 14.6 Å². The van der Waals surface area contributed by atoms with Crippen LogP contribution in [0.2, 0.25) is 0 Å². The van der Waals surface area contributed by atoms with Gasteiger partial charge in [-0.25, -0.2) is 0 Å². The zero-order valence-electron chi connectivity index (χ0n) is 22.7. The van der Waals surface area contributed by atoms with E-state index in [4.69, 9.17) is 4.74 Å². The predicted octanol–water partition coefficient (Wildman–Crippen LogP) is 7.26. The molecule has 4 fully saturated rings. The highest BCUT2D eigenvalue weighted by Crippen LogP contribution is 2.71. The van der Waals surface area contributed by atoms with E-state index < -0.39 is 5.60 Å². The number of carbonyl (C=O) groups excluding carboxylic acids is 1. The van der Waals surface area contributed by atoms with Gasteiger partial charge in [-0.3, -0.25) is 4.79 Å². The van der Waals surface area contributed by atoms with Crippen molar-refractivity contribution in [2.45, 2.75) is 137 Å². The number of hydrogen-bond acceptors (Lipinski definition) is 3. The molecule has 1 aliphatic heterocycles. The van der Waals surface area contributed by atoms with Crippen LogP contribution in [0.1, 0.15) is 120 Å². The highest BCUT2D eigenvalue weighted by molar-refractivity contribution is 5.85. The Labute approximate surface area is 203 Å². The standard InChI is InChI=1S/C30H50O3/c1-20(2)10-9-16-29(7,32)25-15-19-30(8,33-25)23-12-11-22-27(5)18-14-24(31)26(3,4)21(27)13-17-28(22,23)6/h10,21-23,25,32H,9,11-19H2,1-8H3/t21-,22-,23-,25+,27-,28+,29-,30-/m0/s1. The maximum Gasteiger partial charge on any atom is 0.138 e. The molecule has 3 heteroatoms. The third kappa shape index (κ3) is 3.98. The van der Waals surface area contributed by atoms with Crippen molar-refractivity contribution in [3.05, 3.63) is 11.6 Å². The monoisotopic (exact) mass is 458 g/mol. The molecule has 0 bridgehead atoms. The SMILES string of the molecule is CC(C)=CCC[C@](C)(O)[C@H]1CC[C@@](C)([C@H]2CC[C@H]3[C@@]4(C)CCC(=O)C(C)(C)[C@@H]4CC[C@]32C)O1. The normalized spacial score (nSPS) is 46.4. The molecule has 0 aromatic heterocycles. The van der Waals surface area contributed by atoms with Crippen LogP contribution in [0.3, 0.4) is 0 Å². The zero-order chi connectivity index (χ0) is 24.4. The molecule has 0 aromatic rings. The molecule has 3 aliphatic carbocycles. The van der Waals surface area contributed by atoms with Gasteiger partial charge in [0.25, 0.3) is 0 Å². The summed E-state index contributed by atoms with van der Waals surface area (Å²) in [7, 11) is 0. The summed E-state index contributed by atoms with van der Waals surface area (Å²) in [6, 6.07) is 0. The maximum absolute atomic E-state index is 12.8. The minimum Gasteiger partial charge on any atom is -0.387 e. The topological polar surface area (TPSA) is 46.5 Å². The van der Waals surface area contributed by atoms with Crippen molar-refractivity contribution >= 4 is 5.78 Å². The van der Waals surface area contributed by atoms with Crippen molar-refractivity contribution in [1.29, 1.82) is 0 Å². The second-order valence-corrected chi connectivity index (χ2v) is 14.1. The lowest BCUT2D eigenvalue weighted by atomic mass is 9.42. The van der Waals surface area contributed by atoms with E-state index in [2.05, 4.69) is 54.5 Å². The van der Waals surface area contributed by atoms with E-state index >= 15 is 0 Å². The van der Waals surface area contributed by atoms with Gasteiger partial charge in [-0.1, -0.05) is 39.3 Å². The minimum absolute atomic E-state index is 0.0751. The van der Waals surface area contributed by atoms with Gasteiger partial charge in [0, 0.05) is 11.8 Å². The molecule has 0 amide bonds. The molecule has 188 valence electrons. The number of ether oxygens (including phenoxy) is 1. The number of hydrogen-bond donors (Lipinski definition) is 1. The van der Waals surface area contributed by atoms with Crippen LogP contribution in [0.15, 0.2) is 11.6 Å². The molecule has 33 heavy (non-hydrogen) atoms. The van der Waals surface area contributed by atoms with Crippen LogP contribution < -0.4 is 0 Å². The molecule has 0 spiro atoms. The van der Waals surface area contributed by atoms with Crippen LogP contribution in [0.4, 0.5) is 0 Å². The van der Waals surface area contributed by atoms with Crippen LogP contribution in [0, 0.1) is 34.0 Å². The second kappa shape index (κ2) is 8.19. The lowest BCUT2D eigenvalue weighted by molar-refractivity contribution is -0.183. The van der Waals surface area contributed by atoms with Crippen molar-refractivity contribution in [3.8, 4) is 0 Å². The minimum atomic E-state index is -0.778. The van der Waals surface area contributed by atoms with Gasteiger partial charge in [-0.05, 0) is 114 Å². The van der Waals surface area contributed by atoms with Gasteiger partial charge >= 0.3 is 0 Å². The lowest BCUT2D eigenvalue weighted by Gasteiger charge is -2.62. The number of Topliss-reactive ketones (excluding diaryl/α,β-unsaturated/α-hetero) is 1. The van der Waals surface area contributed by atoms with Gasteiger partial charge in [-0.2, -0.15) is 0 Å². The number of aliphatic hydroxyl groups is 1. The van der Waals surface area contributed by atoms with Crippen LogP contribution in [-0.2, 0) is 9.53 Å². The number of rotatable bonds is 5. The summed E-state index contributed by atoms with van der Waals surface area (Å²) >= 11 is 0. The summed E-state index contributed by atoms with van der Waals surface area (Å²) in [6.45, 7) is 18.1. The molecule has 1 N–H and O–H groups in total. The van der Waals surface area contributed by atoms with Crippen molar-refractivity contribution in [2.75, 3.05) is 0 Å². The first-order chi connectivity index (χ1) is 15.2. The first-order valence-corrected chi connectivity index (χ1v) is 13.7. The Bertz CT molecular complexity index is 805. The fourth-order valence-corrected chi connectivity index (χ4v) is 9.50. The Balaban J connectivity index is 1.53. The predicted molar refractivity (Wildman–Crippen MR) is 135 cm³/mol. The van der Waals surface area contributed by atoms with E-state index in [0.717, 1.165) is 38.5 Å². The van der Waals surface area contributed by atoms with Crippen LogP contribution in [-0.4, -0.2) is 28.2 Å². The van der Waals surface area contributed by atoms with Crippen LogP contribution >= 0.6 is 0 Å². The molecular weight excluding hydrogens is 408 g/mol. The Kier molecular flexibility index (Phi) is 6.31. The first kappa shape index (κ1) is 25.4. The first-order valence-electron chi connectivity index (χ1n) is 13.7. The molecule has 4 rings (SSSR count). The molecule has 1 saturated heterocycles. The van der Waals surface area contributed by atoms with Gasteiger partial charge in [0.05, 0.1) is 17.3 Å². The van der Waals surface area contributed by atoms with Crippen molar-refractivity contribution in [2.24, 2.45) is 34.0 Å². The van der Waals surface area contributed by atoms with Gasteiger partial charge in [0.15, 0.2) is 0 Å². The zero-order valence-corrected chi connectivity index (χ0v) is 22.7. The largest absolute Gasteiger partial charge is 0.387 e. The lowest BCUT2D eigenvalue weighted by Crippen LogP contribution is -2.58. The molecule has 1 heterocycles. The fourth-order valence-electron chi connectivity index (χ4n) is 9.50. The third-order valence-corrected chi connectivity index (χ3v) is 11.3. The van der Waals surface area contributed by atoms with Gasteiger partial charge in [0.1, 0.15) is 5.78 Å². The van der Waals surface area contributed by atoms with E-state index in [1.165, 1.54) is 31.3 Å². The Hall–Kier alpha value is -0.670. The molecule has 0 radical (unpaired) electrons. The summed E-state index contributed by atoms with van der Waals surface area (Å²) in [4.78, 5) is 12.8. The Morgan fingerprint density at radius 2 is 1.61 bits per heavy atom. The van der Waals surface area contributed by atoms with E-state index in [0.29, 0.717) is 23.5 Å². The summed E-state index contributed by atoms with van der Waals surface area (Å²) in [5.74, 6) is 2.18. The number of carbonyl (C=O) groups is 1. The average molecular weight is 459 g/mol. The van der Waals surface area contributed by atoms with Gasteiger partial charge in [-0.15, -0.1) is 0 Å². The summed E-state index contributed by atoms with van der Waals surface area (Å²) in [5, 5.41) is 11.3. The second-order valence-electron chi connectivity index (χ2n) is 14.1. The molecule has 0 aromatic carbocycles. The van der Waals surface area contributed by atoms with E-state index in [-0.39, 0.29) is 27.9 Å². The number of allylic oxidation sites excluding steroid dienone is 2. The molecule has 4 aliphatic rings. The maximum atomic E-state index is 12.8. The van der Waals surface area contributed by atoms with Crippen LogP contribution in [0.5, 0.6) is 0 Å². The van der Waals surface area contributed by atoms with Crippen molar-refractivity contribution in [1.82, 2.24) is 0 Å². The summed E-state index contributed by atoms with van der Waals surface area (Å²) in [5.41, 5.74) is 0.708. The molecular formula is C30H50O3. The molecule has 8 atom stereocenters. The summed E-state index contributed by atoms with van der Waals surface area (Å²) < 4.78 is 6.87. The highest BCUT2D eigenvalue weighted by Gasteiger charge is 2.66. The number of ketones is 1. The smallest absolute Gasteiger partial charge is 0.138 e. The highest BCUT2D eigenvalue weighted by atomic mass is 16.5. The van der Waals surface area contributed by atoms with Gasteiger partial charge < -0.3 is 9.84 Å². The molecule has 3 nitrogen and oxygen atoms in total. The average Bonchev–Trinajstić information content (AvgIpc) is 3.27. The van der Waals surface area contributed by atoms with E-state index in [1.54, 1.807) is 0 Å². The number of fused-ring (bicyclic) bond motifs is 3. The van der Waals surface area contributed by atoms with E-state index in [9.17, 15) is 9.90 Å². The third-order valence-electron chi connectivity index (χ3n) is 11.3. The molecule has 0 unspecified atom stereocenters. The van der Waals surface area contributed by atoms with Crippen molar-refractivity contribution in [3.63, 3.8) is 0 Å². The Morgan fingerprint density at radius 3 is 2.27 bits per heavy atom. The quantitative estimate of drug-likeness (QED) is 0.441. The summed E-state index contributed by atoms with van der Waals surface area (Å²) in [6.07, 6.45) is 12.5. The fraction of sp³-hybridized carbons (Fsp3) is 0.900. The van der Waals surface area contributed by atoms with E-state index in [1.807, 2.05) is 6.92 Å². The van der Waals surface area contributed by atoms with Gasteiger partial charge in [0.2, 0.25) is 0 Å². The molecule has 3 saturated carbocycles. The Morgan fingerprint density at radius 1 is 0.970 bits per heavy atom. The van der Waals surface area contributed by atoms with Crippen LogP contribution in [0.25, 0.3) is 0 Å².